The van der Waals surface area contributed by atoms with Crippen LogP contribution in [-0.2, 0) is 0 Å². The van der Waals surface area contributed by atoms with Gasteiger partial charge in [-0.3, -0.25) is 0 Å². The maximum atomic E-state index is 8.89. The van der Waals surface area contributed by atoms with E-state index in [9.17, 15) is 0 Å². The minimum absolute atomic E-state index is 0.134. The molecule has 0 aliphatic heterocycles. The maximum absolute atomic E-state index is 8.89. The summed E-state index contributed by atoms with van der Waals surface area (Å²) in [6.07, 6.45) is 0. The van der Waals surface area contributed by atoms with Gasteiger partial charge in [-0.15, -0.1) is 0 Å². The molecule has 2 aromatic rings. The normalized spacial score (nSPS) is 10.1. The lowest BCUT2D eigenvalue weighted by atomic mass is 10.1. The van der Waals surface area contributed by atoms with Crippen molar-refractivity contribution in [1.82, 2.24) is 4.98 Å². The van der Waals surface area contributed by atoms with E-state index in [1.807, 2.05) is 6.07 Å². The fraction of sp³-hybridized carbons (Fsp3) is 0. The van der Waals surface area contributed by atoms with Gasteiger partial charge in [0.25, 0.3) is 0 Å². The molecule has 6 heteroatoms. The molecule has 0 atom stereocenters. The van der Waals surface area contributed by atoms with Crippen molar-refractivity contribution in [2.24, 2.45) is 0 Å². The summed E-state index contributed by atoms with van der Waals surface area (Å²) in [6.45, 7) is 0. The number of aromatic nitrogens is 1. The number of pyridine rings is 1. The van der Waals surface area contributed by atoms with Crippen molar-refractivity contribution in [3.63, 3.8) is 0 Å². The fourth-order valence-corrected chi connectivity index (χ4v) is 2.50. The summed E-state index contributed by atoms with van der Waals surface area (Å²) in [4.78, 5) is 4.11. The molecule has 90 valence electrons. The van der Waals surface area contributed by atoms with E-state index in [0.717, 1.165) is 0 Å². The first-order valence-electron chi connectivity index (χ1n) is 4.84. The van der Waals surface area contributed by atoms with Gasteiger partial charge in [0.1, 0.15) is 6.07 Å². The lowest BCUT2D eigenvalue weighted by molar-refractivity contribution is 1.27. The van der Waals surface area contributed by atoms with Crippen molar-refractivity contribution >= 4 is 40.5 Å². The van der Waals surface area contributed by atoms with E-state index in [1.165, 1.54) is 0 Å². The molecule has 0 bridgehead atoms. The van der Waals surface area contributed by atoms with E-state index in [-0.39, 0.29) is 5.69 Å². The van der Waals surface area contributed by atoms with Crippen LogP contribution in [0.5, 0.6) is 0 Å². The predicted molar refractivity (Wildman–Crippen MR) is 73.8 cm³/mol. The quantitative estimate of drug-likeness (QED) is 0.859. The summed E-state index contributed by atoms with van der Waals surface area (Å²) in [5.41, 5.74) is 7.05. The Balaban J connectivity index is 2.67. The Morgan fingerprint density at radius 3 is 2.28 bits per heavy atom. The number of hydrogen-bond acceptors (Lipinski definition) is 3. The van der Waals surface area contributed by atoms with Gasteiger partial charge >= 0.3 is 0 Å². The number of benzene rings is 1. The second-order valence-corrected chi connectivity index (χ2v) is 4.74. The van der Waals surface area contributed by atoms with Crippen molar-refractivity contribution in [3.8, 4) is 17.3 Å². The Hall–Kier alpha value is -1.47. The molecule has 0 unspecified atom stereocenters. The molecule has 0 aliphatic rings. The highest BCUT2D eigenvalue weighted by atomic mass is 35.5. The number of rotatable bonds is 1. The molecule has 0 spiro atoms. The highest BCUT2D eigenvalue weighted by molar-refractivity contribution is 6.41. The Morgan fingerprint density at radius 2 is 1.72 bits per heavy atom. The Kier molecular flexibility index (Phi) is 3.63. The van der Waals surface area contributed by atoms with Gasteiger partial charge in [-0.05, 0) is 24.3 Å². The zero-order valence-electron chi connectivity index (χ0n) is 8.92. The molecule has 1 heterocycles. The summed E-state index contributed by atoms with van der Waals surface area (Å²) in [6, 6.07) is 8.27. The molecule has 2 rings (SSSR count). The molecule has 0 radical (unpaired) electrons. The van der Waals surface area contributed by atoms with E-state index in [1.54, 1.807) is 24.3 Å². The van der Waals surface area contributed by atoms with Crippen molar-refractivity contribution in [3.05, 3.63) is 45.0 Å². The molecule has 1 aromatic carbocycles. The maximum Gasteiger partial charge on any atom is 0.164 e. The van der Waals surface area contributed by atoms with E-state index >= 15 is 0 Å². The van der Waals surface area contributed by atoms with E-state index < -0.39 is 0 Å². The van der Waals surface area contributed by atoms with Gasteiger partial charge < -0.3 is 5.73 Å². The fourth-order valence-electron chi connectivity index (χ4n) is 1.49. The summed E-state index contributed by atoms with van der Waals surface area (Å²) < 4.78 is 0. The third kappa shape index (κ3) is 2.37. The van der Waals surface area contributed by atoms with Gasteiger partial charge in [-0.25, -0.2) is 4.98 Å². The summed E-state index contributed by atoms with van der Waals surface area (Å²) in [7, 11) is 0. The first-order chi connectivity index (χ1) is 8.52. The second-order valence-electron chi connectivity index (χ2n) is 3.49. The molecule has 1 aromatic heterocycles. The molecule has 0 amide bonds. The monoisotopic (exact) mass is 297 g/mol. The predicted octanol–water partition coefficient (Wildman–Crippen LogP) is 4.16. The van der Waals surface area contributed by atoms with Gasteiger partial charge in [-0.1, -0.05) is 34.8 Å². The Labute approximate surface area is 119 Å². The zero-order chi connectivity index (χ0) is 13.3. The summed E-state index contributed by atoms with van der Waals surface area (Å²) >= 11 is 18.0. The van der Waals surface area contributed by atoms with Crippen molar-refractivity contribution in [2.75, 3.05) is 5.73 Å². The molecular weight excluding hydrogens is 293 g/mol. The zero-order valence-corrected chi connectivity index (χ0v) is 11.2. The molecule has 0 aliphatic carbocycles. The van der Waals surface area contributed by atoms with Crippen LogP contribution in [0.25, 0.3) is 11.3 Å². The van der Waals surface area contributed by atoms with Crippen LogP contribution in [-0.4, -0.2) is 4.98 Å². The van der Waals surface area contributed by atoms with E-state index in [0.29, 0.717) is 32.0 Å². The highest BCUT2D eigenvalue weighted by Gasteiger charge is 2.13. The minimum atomic E-state index is 0.134. The number of nitrogens with zero attached hydrogens (tertiary/aromatic N) is 2. The standard InChI is InChI=1S/C12H6Cl3N3/c13-6-3-7(14)12(8(15)4-6)10-2-1-9(17)11(5-16)18-10/h1-4H,17H2. The third-order valence-electron chi connectivity index (χ3n) is 2.30. The largest absolute Gasteiger partial charge is 0.396 e. The van der Waals surface area contributed by atoms with Gasteiger partial charge in [0, 0.05) is 10.6 Å². The average Bonchev–Trinajstić information content (AvgIpc) is 2.30. The summed E-state index contributed by atoms with van der Waals surface area (Å²) in [5.74, 6) is 0. The number of nitrogens with two attached hydrogens (primary N) is 1. The van der Waals surface area contributed by atoms with Crippen LogP contribution in [0.3, 0.4) is 0 Å². The van der Waals surface area contributed by atoms with Crippen molar-refractivity contribution in [2.45, 2.75) is 0 Å². The number of nitrogen functional groups attached to an aromatic ring is 1. The van der Waals surface area contributed by atoms with E-state index in [2.05, 4.69) is 4.98 Å². The van der Waals surface area contributed by atoms with Gasteiger partial charge in [0.15, 0.2) is 5.69 Å². The lowest BCUT2D eigenvalue weighted by Crippen LogP contribution is -1.96. The number of halogens is 3. The Bertz CT molecular complexity index is 639. The SMILES string of the molecule is N#Cc1nc(-c2c(Cl)cc(Cl)cc2Cl)ccc1N. The van der Waals surface area contributed by atoms with Crippen LogP contribution in [0, 0.1) is 11.3 Å². The first-order valence-corrected chi connectivity index (χ1v) is 5.98. The highest BCUT2D eigenvalue weighted by Crippen LogP contribution is 2.36. The molecule has 18 heavy (non-hydrogen) atoms. The smallest absolute Gasteiger partial charge is 0.164 e. The van der Waals surface area contributed by atoms with E-state index in [4.69, 9.17) is 45.8 Å². The third-order valence-corrected chi connectivity index (χ3v) is 3.11. The first kappa shape index (κ1) is 13.0. The summed E-state index contributed by atoms with van der Waals surface area (Å²) in [5, 5.41) is 10.1. The molecular formula is C12H6Cl3N3. The van der Waals surface area contributed by atoms with Crippen LogP contribution in [0.15, 0.2) is 24.3 Å². The van der Waals surface area contributed by atoms with Crippen LogP contribution < -0.4 is 5.73 Å². The molecule has 0 saturated heterocycles. The van der Waals surface area contributed by atoms with Crippen LogP contribution in [0.4, 0.5) is 5.69 Å². The van der Waals surface area contributed by atoms with Gasteiger partial charge in [0.05, 0.1) is 21.4 Å². The van der Waals surface area contributed by atoms with Crippen LogP contribution >= 0.6 is 34.8 Å². The van der Waals surface area contributed by atoms with Gasteiger partial charge in [0.2, 0.25) is 0 Å². The molecule has 0 fully saturated rings. The molecule has 0 saturated carbocycles. The number of anilines is 1. The topological polar surface area (TPSA) is 62.7 Å². The van der Waals surface area contributed by atoms with Crippen molar-refractivity contribution < 1.29 is 0 Å². The lowest BCUT2D eigenvalue weighted by Gasteiger charge is -2.08. The Morgan fingerprint density at radius 1 is 1.11 bits per heavy atom. The van der Waals surface area contributed by atoms with Crippen LogP contribution in [0.2, 0.25) is 15.1 Å². The van der Waals surface area contributed by atoms with Gasteiger partial charge in [-0.2, -0.15) is 5.26 Å². The molecule has 3 nitrogen and oxygen atoms in total. The second kappa shape index (κ2) is 5.03. The van der Waals surface area contributed by atoms with Crippen LogP contribution in [0.1, 0.15) is 5.69 Å². The number of nitriles is 1. The average molecular weight is 299 g/mol. The number of hydrogen-bond donors (Lipinski definition) is 1. The molecule has 2 N–H and O–H groups in total. The minimum Gasteiger partial charge on any atom is -0.396 e. The van der Waals surface area contributed by atoms with Crippen molar-refractivity contribution in [1.29, 1.82) is 5.26 Å².